The smallest absolute Gasteiger partial charge is 0.0854 e. The Morgan fingerprint density at radius 1 is 1.56 bits per heavy atom. The first-order valence-corrected chi connectivity index (χ1v) is 3.24. The number of nitrogens with zero attached hydrogens (tertiary/aromatic N) is 2. The van der Waals surface area contributed by atoms with Crippen LogP contribution in [0.2, 0.25) is 0 Å². The average molecular weight is 128 g/mol. The van der Waals surface area contributed by atoms with Crippen LogP contribution in [0.3, 0.4) is 0 Å². The van der Waals surface area contributed by atoms with E-state index in [1.165, 1.54) is 6.42 Å². The van der Waals surface area contributed by atoms with E-state index < -0.39 is 0 Å². The Hall–Kier alpha value is -0.640. The second-order valence-electron chi connectivity index (χ2n) is 2.23. The van der Waals surface area contributed by atoms with Crippen LogP contribution in [0.15, 0.2) is 10.3 Å². The first-order chi connectivity index (χ1) is 4.43. The Bertz CT molecular complexity index is 95.1. The van der Waals surface area contributed by atoms with Crippen molar-refractivity contribution < 1.29 is 0 Å². The standard InChI is InChI=1S/C5H12N4/c6-9-8-5-2-1-3-7-4-5/h5,7H,1-4H2,(H2,6,8)/t5-/m1/s1. The zero-order valence-electron chi connectivity index (χ0n) is 5.38. The van der Waals surface area contributed by atoms with E-state index in [-0.39, 0.29) is 0 Å². The molecule has 0 aliphatic carbocycles. The van der Waals surface area contributed by atoms with Crippen LogP contribution in [0.25, 0.3) is 0 Å². The molecule has 1 fully saturated rings. The summed E-state index contributed by atoms with van der Waals surface area (Å²) in [6, 6.07) is 0.323. The number of rotatable bonds is 1. The highest BCUT2D eigenvalue weighted by atomic mass is 15.3. The summed E-state index contributed by atoms with van der Waals surface area (Å²) in [5.41, 5.74) is 0. The van der Waals surface area contributed by atoms with Crippen LogP contribution < -0.4 is 11.2 Å². The van der Waals surface area contributed by atoms with Gasteiger partial charge in [-0.2, -0.15) is 5.11 Å². The summed E-state index contributed by atoms with van der Waals surface area (Å²) < 4.78 is 0. The summed E-state index contributed by atoms with van der Waals surface area (Å²) in [6.07, 6.45) is 2.30. The molecule has 1 saturated heterocycles. The van der Waals surface area contributed by atoms with Crippen LogP contribution in [0.4, 0.5) is 0 Å². The number of nitrogens with two attached hydrogens (primary N) is 1. The highest BCUT2D eigenvalue weighted by Gasteiger charge is 2.10. The lowest BCUT2D eigenvalue weighted by Gasteiger charge is -2.16. The Balaban J connectivity index is 2.23. The molecule has 0 aromatic heterocycles. The third kappa shape index (κ3) is 1.97. The quantitative estimate of drug-likeness (QED) is 0.298. The van der Waals surface area contributed by atoms with Crippen molar-refractivity contribution >= 4 is 0 Å². The first kappa shape index (κ1) is 6.48. The number of hydrogen-bond acceptors (Lipinski definition) is 3. The first-order valence-electron chi connectivity index (χ1n) is 3.24. The van der Waals surface area contributed by atoms with Gasteiger partial charge in [0.25, 0.3) is 0 Å². The van der Waals surface area contributed by atoms with Gasteiger partial charge in [-0.25, -0.2) is 0 Å². The van der Waals surface area contributed by atoms with Crippen molar-refractivity contribution in [1.29, 1.82) is 0 Å². The number of nitrogens with one attached hydrogen (secondary N) is 1. The fraction of sp³-hybridized carbons (Fsp3) is 1.00. The summed E-state index contributed by atoms with van der Waals surface area (Å²) in [7, 11) is 0. The Morgan fingerprint density at radius 3 is 3.00 bits per heavy atom. The molecule has 0 amide bonds. The largest absolute Gasteiger partial charge is 0.315 e. The molecule has 0 aromatic rings. The number of piperidine rings is 1. The Kier molecular flexibility index (Phi) is 2.45. The van der Waals surface area contributed by atoms with E-state index in [1.54, 1.807) is 0 Å². The fourth-order valence-electron chi connectivity index (χ4n) is 1.03. The van der Waals surface area contributed by atoms with Gasteiger partial charge in [0.05, 0.1) is 6.04 Å². The minimum atomic E-state index is 0.323. The molecular weight excluding hydrogens is 116 g/mol. The molecule has 1 atom stereocenters. The molecule has 1 heterocycles. The number of hydrogen-bond donors (Lipinski definition) is 2. The third-order valence-corrected chi connectivity index (χ3v) is 1.50. The van der Waals surface area contributed by atoms with Crippen molar-refractivity contribution in [3.63, 3.8) is 0 Å². The molecule has 0 aromatic carbocycles. The van der Waals surface area contributed by atoms with E-state index in [4.69, 9.17) is 5.84 Å². The maximum absolute atomic E-state index is 4.89. The molecule has 0 saturated carbocycles. The molecule has 9 heavy (non-hydrogen) atoms. The molecule has 4 nitrogen and oxygen atoms in total. The predicted octanol–water partition coefficient (Wildman–Crippen LogP) is 0.0643. The second-order valence-corrected chi connectivity index (χ2v) is 2.23. The van der Waals surface area contributed by atoms with E-state index in [0.29, 0.717) is 6.04 Å². The SMILES string of the molecule is NN=N[C@@H]1CCCNC1. The van der Waals surface area contributed by atoms with Crippen LogP contribution in [0.5, 0.6) is 0 Å². The van der Waals surface area contributed by atoms with E-state index in [1.807, 2.05) is 0 Å². The molecule has 0 spiro atoms. The summed E-state index contributed by atoms with van der Waals surface area (Å²) in [5.74, 6) is 4.89. The van der Waals surface area contributed by atoms with E-state index in [9.17, 15) is 0 Å². The maximum Gasteiger partial charge on any atom is 0.0854 e. The average Bonchev–Trinajstić information content (AvgIpc) is 1.91. The van der Waals surface area contributed by atoms with Crippen LogP contribution in [0, 0.1) is 0 Å². The molecule has 1 aliphatic heterocycles. The normalized spacial score (nSPS) is 29.1. The van der Waals surface area contributed by atoms with E-state index in [2.05, 4.69) is 15.7 Å². The van der Waals surface area contributed by atoms with Crippen LogP contribution in [-0.2, 0) is 0 Å². The third-order valence-electron chi connectivity index (χ3n) is 1.50. The van der Waals surface area contributed by atoms with Crippen molar-refractivity contribution in [2.75, 3.05) is 13.1 Å². The molecule has 0 radical (unpaired) electrons. The minimum absolute atomic E-state index is 0.323. The van der Waals surface area contributed by atoms with E-state index in [0.717, 1.165) is 19.5 Å². The van der Waals surface area contributed by atoms with Crippen LogP contribution >= 0.6 is 0 Å². The summed E-state index contributed by atoms with van der Waals surface area (Å²) >= 11 is 0. The predicted molar refractivity (Wildman–Crippen MR) is 34.9 cm³/mol. The van der Waals surface area contributed by atoms with Crippen LogP contribution in [-0.4, -0.2) is 19.1 Å². The zero-order valence-corrected chi connectivity index (χ0v) is 5.38. The van der Waals surface area contributed by atoms with Gasteiger partial charge in [0.1, 0.15) is 0 Å². The molecule has 52 valence electrons. The molecule has 0 bridgehead atoms. The zero-order chi connectivity index (χ0) is 6.53. The Labute approximate surface area is 54.5 Å². The van der Waals surface area contributed by atoms with Gasteiger partial charge in [0.2, 0.25) is 0 Å². The molecule has 1 rings (SSSR count). The van der Waals surface area contributed by atoms with Gasteiger partial charge in [-0.05, 0) is 19.4 Å². The van der Waals surface area contributed by atoms with Crippen molar-refractivity contribution in [2.45, 2.75) is 18.9 Å². The van der Waals surface area contributed by atoms with Gasteiger partial charge >= 0.3 is 0 Å². The van der Waals surface area contributed by atoms with Gasteiger partial charge in [-0.3, -0.25) is 0 Å². The summed E-state index contributed by atoms with van der Waals surface area (Å²) in [6.45, 7) is 2.04. The minimum Gasteiger partial charge on any atom is -0.315 e. The molecular formula is C5H12N4. The topological polar surface area (TPSA) is 62.8 Å². The monoisotopic (exact) mass is 128 g/mol. The summed E-state index contributed by atoms with van der Waals surface area (Å²) in [4.78, 5) is 0. The van der Waals surface area contributed by atoms with Gasteiger partial charge < -0.3 is 11.2 Å². The highest BCUT2D eigenvalue weighted by Crippen LogP contribution is 2.04. The van der Waals surface area contributed by atoms with Crippen molar-refractivity contribution in [3.8, 4) is 0 Å². The van der Waals surface area contributed by atoms with Gasteiger partial charge in [0.15, 0.2) is 0 Å². The molecule has 4 heteroatoms. The van der Waals surface area contributed by atoms with Crippen molar-refractivity contribution in [3.05, 3.63) is 0 Å². The molecule has 3 N–H and O–H groups in total. The van der Waals surface area contributed by atoms with E-state index >= 15 is 0 Å². The van der Waals surface area contributed by atoms with Crippen molar-refractivity contribution in [2.24, 2.45) is 16.2 Å². The fourth-order valence-corrected chi connectivity index (χ4v) is 1.03. The lowest BCUT2D eigenvalue weighted by molar-refractivity contribution is 0.446. The van der Waals surface area contributed by atoms with Crippen LogP contribution in [0.1, 0.15) is 12.8 Å². The van der Waals surface area contributed by atoms with Gasteiger partial charge in [-0.1, -0.05) is 5.22 Å². The lowest BCUT2D eigenvalue weighted by Crippen LogP contribution is -2.32. The summed E-state index contributed by atoms with van der Waals surface area (Å²) in [5, 5.41) is 10.3. The molecule has 1 aliphatic rings. The molecule has 0 unspecified atom stereocenters. The van der Waals surface area contributed by atoms with Gasteiger partial charge in [-0.15, -0.1) is 0 Å². The van der Waals surface area contributed by atoms with Gasteiger partial charge in [0, 0.05) is 6.54 Å². The highest BCUT2D eigenvalue weighted by molar-refractivity contribution is 4.72. The second kappa shape index (κ2) is 3.40. The lowest BCUT2D eigenvalue weighted by atomic mass is 10.1. The maximum atomic E-state index is 4.89. The van der Waals surface area contributed by atoms with Crippen molar-refractivity contribution in [1.82, 2.24) is 5.32 Å². The Morgan fingerprint density at radius 2 is 2.44 bits per heavy atom.